The van der Waals surface area contributed by atoms with Gasteiger partial charge in [0.05, 0.1) is 17.0 Å². The van der Waals surface area contributed by atoms with E-state index < -0.39 is 17.7 Å². The monoisotopic (exact) mass is 428 g/mol. The average molecular weight is 429 g/mol. The maximum absolute atomic E-state index is 13.1. The second-order valence-corrected chi connectivity index (χ2v) is 8.84. The number of ether oxygens (including phenoxy) is 1. The first-order valence-corrected chi connectivity index (χ1v) is 10.8. The van der Waals surface area contributed by atoms with Gasteiger partial charge < -0.3 is 14.2 Å². The molecule has 4 rings (SSSR count). The molecule has 32 heavy (non-hydrogen) atoms. The van der Waals surface area contributed by atoms with Crippen LogP contribution >= 0.6 is 0 Å². The largest absolute Gasteiger partial charge is 0.456 e. The fourth-order valence-electron chi connectivity index (χ4n) is 3.75. The number of hydrogen-bond acceptors (Lipinski definition) is 4. The summed E-state index contributed by atoms with van der Waals surface area (Å²) in [6.45, 7) is 7.58. The van der Waals surface area contributed by atoms with Crippen molar-refractivity contribution < 1.29 is 14.6 Å². The van der Waals surface area contributed by atoms with Crippen LogP contribution < -0.4 is 0 Å². The van der Waals surface area contributed by atoms with E-state index in [2.05, 4.69) is 4.98 Å². The minimum atomic E-state index is -0.927. The Morgan fingerprint density at radius 1 is 1.06 bits per heavy atom. The smallest absolute Gasteiger partial charge is 0.339 e. The molecule has 2 heterocycles. The number of esters is 1. The van der Waals surface area contributed by atoms with E-state index in [9.17, 15) is 9.90 Å². The maximum atomic E-state index is 13.1. The second-order valence-electron chi connectivity index (χ2n) is 8.84. The van der Waals surface area contributed by atoms with Crippen LogP contribution in [0.1, 0.15) is 61.1 Å². The molecule has 0 aliphatic heterocycles. The Balaban J connectivity index is 1.81. The van der Waals surface area contributed by atoms with Gasteiger partial charge in [0.25, 0.3) is 0 Å². The number of carbonyl (C=O) groups is 1. The lowest BCUT2D eigenvalue weighted by atomic mass is 9.94. The number of pyridine rings is 1. The Morgan fingerprint density at radius 2 is 1.81 bits per heavy atom. The van der Waals surface area contributed by atoms with Crippen molar-refractivity contribution in [2.45, 2.75) is 45.8 Å². The highest BCUT2D eigenvalue weighted by molar-refractivity contribution is 5.97. The van der Waals surface area contributed by atoms with Crippen LogP contribution in [0.4, 0.5) is 0 Å². The number of nitrogens with zero attached hydrogens (tertiary/aromatic N) is 2. The summed E-state index contributed by atoms with van der Waals surface area (Å²) in [6.07, 6.45) is 1.83. The Kier molecular flexibility index (Phi) is 5.85. The van der Waals surface area contributed by atoms with Gasteiger partial charge in [-0.1, -0.05) is 55.5 Å². The van der Waals surface area contributed by atoms with Crippen molar-refractivity contribution >= 4 is 11.6 Å². The number of imidazole rings is 1. The van der Waals surface area contributed by atoms with Gasteiger partial charge in [0.15, 0.2) is 0 Å². The molecular weight excluding hydrogens is 400 g/mol. The zero-order valence-corrected chi connectivity index (χ0v) is 18.9. The highest BCUT2D eigenvalue weighted by atomic mass is 16.6. The van der Waals surface area contributed by atoms with Crippen LogP contribution in [0.3, 0.4) is 0 Å². The van der Waals surface area contributed by atoms with Crippen LogP contribution in [0, 0.1) is 0 Å². The molecule has 1 N–H and O–H groups in total. The van der Waals surface area contributed by atoms with Crippen molar-refractivity contribution in [2.24, 2.45) is 0 Å². The van der Waals surface area contributed by atoms with E-state index in [1.54, 1.807) is 6.07 Å². The van der Waals surface area contributed by atoms with Crippen LogP contribution in [-0.2, 0) is 11.2 Å². The summed E-state index contributed by atoms with van der Waals surface area (Å²) in [4.78, 5) is 17.7. The number of rotatable bonds is 5. The number of aromatic nitrogens is 2. The van der Waals surface area contributed by atoms with Gasteiger partial charge in [0, 0.05) is 6.20 Å². The number of aliphatic hydroxyl groups is 1. The molecule has 164 valence electrons. The first kappa shape index (κ1) is 21.8. The van der Waals surface area contributed by atoms with Gasteiger partial charge in [-0.05, 0) is 62.1 Å². The Labute approximate surface area is 188 Å². The predicted molar refractivity (Wildman–Crippen MR) is 126 cm³/mol. The molecule has 2 aromatic carbocycles. The van der Waals surface area contributed by atoms with Crippen molar-refractivity contribution in [3.8, 4) is 11.1 Å². The summed E-state index contributed by atoms with van der Waals surface area (Å²) >= 11 is 0. The lowest BCUT2D eigenvalue weighted by Gasteiger charge is -2.22. The van der Waals surface area contributed by atoms with E-state index in [1.807, 2.05) is 99.0 Å². The molecule has 1 atom stereocenters. The van der Waals surface area contributed by atoms with Gasteiger partial charge >= 0.3 is 5.97 Å². The molecule has 5 heteroatoms. The maximum Gasteiger partial charge on any atom is 0.339 e. The minimum absolute atomic E-state index is 0.417. The molecule has 1 unspecified atom stereocenters. The fraction of sp³-hybridized carbons (Fsp3) is 0.259. The highest BCUT2D eigenvalue weighted by Crippen LogP contribution is 2.31. The van der Waals surface area contributed by atoms with Crippen LogP contribution in [-0.4, -0.2) is 26.1 Å². The quantitative estimate of drug-likeness (QED) is 0.420. The molecule has 0 amide bonds. The highest BCUT2D eigenvalue weighted by Gasteiger charge is 2.23. The third-order valence-electron chi connectivity index (χ3n) is 5.28. The third-order valence-corrected chi connectivity index (χ3v) is 5.28. The zero-order chi connectivity index (χ0) is 22.9. The summed E-state index contributed by atoms with van der Waals surface area (Å²) in [5.74, 6) is -0.417. The van der Waals surface area contributed by atoms with E-state index in [0.717, 1.165) is 28.9 Å². The van der Waals surface area contributed by atoms with Crippen LogP contribution in [0.25, 0.3) is 16.8 Å². The molecule has 2 aromatic heterocycles. The molecular formula is C27H28N2O3. The Bertz CT molecular complexity index is 1250. The summed E-state index contributed by atoms with van der Waals surface area (Å²) in [6, 6.07) is 20.9. The molecule has 0 fully saturated rings. The van der Waals surface area contributed by atoms with Gasteiger partial charge in [-0.2, -0.15) is 0 Å². The number of aliphatic hydroxyl groups excluding tert-OH is 1. The minimum Gasteiger partial charge on any atom is -0.456 e. The number of aryl methyl sites for hydroxylation is 1. The van der Waals surface area contributed by atoms with Crippen molar-refractivity contribution in [3.05, 3.63) is 95.4 Å². The molecule has 0 aliphatic carbocycles. The number of fused-ring (bicyclic) bond motifs is 1. The van der Waals surface area contributed by atoms with E-state index in [4.69, 9.17) is 4.74 Å². The van der Waals surface area contributed by atoms with Gasteiger partial charge in [0.2, 0.25) is 0 Å². The lowest BCUT2D eigenvalue weighted by molar-refractivity contribution is 0.00702. The summed E-state index contributed by atoms with van der Waals surface area (Å²) in [7, 11) is 0. The standard InChI is InChI=1S/C27H28N2O3/c1-5-20-17-29-23(12-9-13-24(29)28-20)25(30)19-14-15-21(18-10-7-6-8-11-18)22(16-19)26(31)32-27(2,3)4/h6-17,25,30H,5H2,1-4H3. The van der Waals surface area contributed by atoms with E-state index in [1.165, 1.54) is 0 Å². The molecule has 0 radical (unpaired) electrons. The normalized spacial score (nSPS) is 12.7. The average Bonchev–Trinajstić information content (AvgIpc) is 3.21. The molecule has 4 aromatic rings. The van der Waals surface area contributed by atoms with Gasteiger partial charge in [-0.3, -0.25) is 0 Å². The first-order chi connectivity index (χ1) is 15.3. The van der Waals surface area contributed by atoms with E-state index >= 15 is 0 Å². The van der Waals surface area contributed by atoms with Crippen molar-refractivity contribution in [1.29, 1.82) is 0 Å². The van der Waals surface area contributed by atoms with Gasteiger partial charge in [-0.15, -0.1) is 0 Å². The predicted octanol–water partition coefficient (Wildman–Crippen LogP) is 5.60. The summed E-state index contributed by atoms with van der Waals surface area (Å²) in [5.41, 5.74) is 4.53. The van der Waals surface area contributed by atoms with Crippen LogP contribution in [0.5, 0.6) is 0 Å². The van der Waals surface area contributed by atoms with E-state index in [-0.39, 0.29) is 0 Å². The summed E-state index contributed by atoms with van der Waals surface area (Å²) in [5, 5.41) is 11.3. The fourth-order valence-corrected chi connectivity index (χ4v) is 3.75. The van der Waals surface area contributed by atoms with Crippen molar-refractivity contribution in [2.75, 3.05) is 0 Å². The second kappa shape index (κ2) is 8.60. The molecule has 0 spiro atoms. The molecule has 0 saturated carbocycles. The van der Waals surface area contributed by atoms with E-state index in [0.29, 0.717) is 16.8 Å². The van der Waals surface area contributed by atoms with Crippen LogP contribution in [0.15, 0.2) is 72.9 Å². The van der Waals surface area contributed by atoms with Crippen molar-refractivity contribution in [3.63, 3.8) is 0 Å². The number of benzene rings is 2. The van der Waals surface area contributed by atoms with Gasteiger partial charge in [-0.25, -0.2) is 9.78 Å². The lowest BCUT2D eigenvalue weighted by Crippen LogP contribution is -2.24. The Morgan fingerprint density at radius 3 is 2.50 bits per heavy atom. The zero-order valence-electron chi connectivity index (χ0n) is 18.9. The molecule has 0 aliphatic rings. The topological polar surface area (TPSA) is 63.8 Å². The first-order valence-electron chi connectivity index (χ1n) is 10.8. The summed E-state index contributed by atoms with van der Waals surface area (Å²) < 4.78 is 7.58. The van der Waals surface area contributed by atoms with Crippen molar-refractivity contribution in [1.82, 2.24) is 9.38 Å². The van der Waals surface area contributed by atoms with Gasteiger partial charge in [0.1, 0.15) is 17.4 Å². The molecule has 0 saturated heterocycles. The molecule has 5 nitrogen and oxygen atoms in total. The molecule has 0 bridgehead atoms. The van der Waals surface area contributed by atoms with Crippen LogP contribution in [0.2, 0.25) is 0 Å². The number of carbonyl (C=O) groups excluding carboxylic acids is 1. The SMILES string of the molecule is CCc1cn2c(C(O)c3ccc(-c4ccccc4)c(C(=O)OC(C)(C)C)c3)cccc2n1. The number of hydrogen-bond donors (Lipinski definition) is 1. The Hall–Kier alpha value is -3.44. The third kappa shape index (κ3) is 4.43.